The van der Waals surface area contributed by atoms with Crippen molar-refractivity contribution in [2.75, 3.05) is 13.6 Å². The van der Waals surface area contributed by atoms with Gasteiger partial charge >= 0.3 is 0 Å². The molecule has 1 atom stereocenters. The van der Waals surface area contributed by atoms with Crippen LogP contribution in [0, 0.1) is 11.3 Å². The van der Waals surface area contributed by atoms with Crippen LogP contribution in [-0.4, -0.2) is 13.6 Å². The van der Waals surface area contributed by atoms with Crippen LogP contribution >= 0.6 is 0 Å². The van der Waals surface area contributed by atoms with Crippen LogP contribution in [0.25, 0.3) is 0 Å². The highest BCUT2D eigenvalue weighted by Crippen LogP contribution is 2.45. The van der Waals surface area contributed by atoms with Crippen molar-refractivity contribution in [2.45, 2.75) is 40.5 Å². The average Bonchev–Trinajstić information content (AvgIpc) is 2.02. The molecule has 1 aliphatic rings. The van der Waals surface area contributed by atoms with Gasteiger partial charge in [-0.25, -0.2) is 0 Å². The quantitative estimate of drug-likeness (QED) is 0.617. The molecule has 1 nitrogen and oxygen atoms in total. The first-order valence-corrected chi connectivity index (χ1v) is 4.69. The molecule has 1 N–H and O–H groups in total. The van der Waals surface area contributed by atoms with Crippen molar-refractivity contribution in [3.63, 3.8) is 0 Å². The molecule has 0 amide bonds. The molecule has 68 valence electrons. The predicted octanol–water partition coefficient (Wildman–Crippen LogP) is 2.67. The normalized spacial score (nSPS) is 26.5. The molecule has 0 saturated heterocycles. The van der Waals surface area contributed by atoms with E-state index in [0.717, 1.165) is 12.5 Å². The monoisotopic (exact) mass is 157 g/mol. The second-order valence-electron chi connectivity index (χ2n) is 4.14. The van der Waals surface area contributed by atoms with Crippen molar-refractivity contribution in [1.82, 2.24) is 5.32 Å². The third-order valence-corrected chi connectivity index (χ3v) is 2.91. The molecule has 0 bridgehead atoms. The Kier molecular flexibility index (Phi) is 4.74. The highest BCUT2D eigenvalue weighted by molar-refractivity contribution is 4.84. The molecule has 0 heterocycles. The van der Waals surface area contributed by atoms with Crippen LogP contribution in [0.15, 0.2) is 0 Å². The molecule has 1 unspecified atom stereocenters. The van der Waals surface area contributed by atoms with Gasteiger partial charge in [-0.15, -0.1) is 0 Å². The molecule has 1 heteroatoms. The van der Waals surface area contributed by atoms with Crippen molar-refractivity contribution in [3.8, 4) is 0 Å². The van der Waals surface area contributed by atoms with Gasteiger partial charge in [0.05, 0.1) is 0 Å². The molecule has 1 saturated carbocycles. The number of hydrogen-bond acceptors (Lipinski definition) is 1. The van der Waals surface area contributed by atoms with Gasteiger partial charge in [0.15, 0.2) is 0 Å². The summed E-state index contributed by atoms with van der Waals surface area (Å²) in [6.07, 6.45) is 2.89. The van der Waals surface area contributed by atoms with E-state index in [1.54, 1.807) is 0 Å². The highest BCUT2D eigenvalue weighted by Gasteiger charge is 2.34. The lowest BCUT2D eigenvalue weighted by atomic mass is 9.64. The minimum absolute atomic E-state index is 0.681. The Bertz CT molecular complexity index is 95.0. The Labute approximate surface area is 71.6 Å². The Balaban J connectivity index is 0.000000218. The predicted molar refractivity (Wildman–Crippen MR) is 51.8 cm³/mol. The maximum absolute atomic E-state index is 2.93. The Morgan fingerprint density at radius 1 is 1.45 bits per heavy atom. The van der Waals surface area contributed by atoms with Crippen molar-refractivity contribution >= 4 is 0 Å². The van der Waals surface area contributed by atoms with Crippen LogP contribution in [0.5, 0.6) is 0 Å². The van der Waals surface area contributed by atoms with Crippen LogP contribution in [-0.2, 0) is 0 Å². The molecule has 0 spiro atoms. The van der Waals surface area contributed by atoms with Gasteiger partial charge in [-0.3, -0.25) is 0 Å². The molecule has 0 aliphatic heterocycles. The van der Waals surface area contributed by atoms with Crippen LogP contribution in [0.4, 0.5) is 0 Å². The highest BCUT2D eigenvalue weighted by atomic mass is 14.8. The number of nitrogens with one attached hydrogen (secondary N) is 1. The summed E-state index contributed by atoms with van der Waals surface area (Å²) in [7, 11) is 1.93. The lowest BCUT2D eigenvalue weighted by Gasteiger charge is -2.42. The summed E-state index contributed by atoms with van der Waals surface area (Å²) in [5.74, 6) is 0.979. The van der Waals surface area contributed by atoms with E-state index < -0.39 is 0 Å². The third-order valence-electron chi connectivity index (χ3n) is 2.91. The zero-order valence-corrected chi connectivity index (χ0v) is 8.70. The average molecular weight is 157 g/mol. The minimum atomic E-state index is 0.681. The molecular weight excluding hydrogens is 134 g/mol. The van der Waals surface area contributed by atoms with Crippen molar-refractivity contribution in [3.05, 3.63) is 0 Å². The van der Waals surface area contributed by atoms with Gasteiger partial charge in [-0.05, 0) is 37.8 Å². The first-order chi connectivity index (χ1) is 5.04. The lowest BCUT2D eigenvalue weighted by Crippen LogP contribution is -2.31. The second-order valence-corrected chi connectivity index (χ2v) is 4.14. The van der Waals surface area contributed by atoms with Crippen molar-refractivity contribution in [1.29, 1.82) is 0 Å². The Hall–Kier alpha value is -0.0400. The zero-order chi connectivity index (χ0) is 8.91. The van der Waals surface area contributed by atoms with Crippen LogP contribution < -0.4 is 5.32 Å². The molecule has 1 rings (SSSR count). The Morgan fingerprint density at radius 3 is 1.82 bits per heavy atom. The molecule has 1 aliphatic carbocycles. The van der Waals surface area contributed by atoms with E-state index in [1.165, 1.54) is 12.8 Å². The third kappa shape index (κ3) is 3.76. The maximum atomic E-state index is 2.93. The summed E-state index contributed by atoms with van der Waals surface area (Å²) in [6, 6.07) is 0. The van der Waals surface area contributed by atoms with Gasteiger partial charge in [-0.2, -0.15) is 0 Å². The topological polar surface area (TPSA) is 12.0 Å². The summed E-state index contributed by atoms with van der Waals surface area (Å²) in [5, 5.41) is 2.93. The van der Waals surface area contributed by atoms with E-state index in [1.807, 2.05) is 7.05 Å². The van der Waals surface area contributed by atoms with Gasteiger partial charge < -0.3 is 5.32 Å². The fourth-order valence-corrected chi connectivity index (χ4v) is 1.01. The van der Waals surface area contributed by atoms with Crippen LogP contribution in [0.1, 0.15) is 40.5 Å². The molecule has 0 aromatic carbocycles. The summed E-state index contributed by atoms with van der Waals surface area (Å²) >= 11 is 0. The van der Waals surface area contributed by atoms with Gasteiger partial charge in [0.2, 0.25) is 0 Å². The standard InChI is InChI=1S/C7H14.C3H9N/c1-6-4-5-7(6,2)3;1-3-4-2/h6H,4-5H2,1-3H3;4H,3H2,1-2H3. The lowest BCUT2D eigenvalue weighted by molar-refractivity contribution is 0.0892. The smallest absolute Gasteiger partial charge is 0.00804 e. The summed E-state index contributed by atoms with van der Waals surface area (Å²) in [5.41, 5.74) is 0.681. The summed E-state index contributed by atoms with van der Waals surface area (Å²) in [4.78, 5) is 0. The number of rotatable bonds is 1. The largest absolute Gasteiger partial charge is 0.320 e. The van der Waals surface area contributed by atoms with Gasteiger partial charge in [0, 0.05) is 0 Å². The second kappa shape index (κ2) is 4.76. The maximum Gasteiger partial charge on any atom is -0.00804 e. The molecule has 11 heavy (non-hydrogen) atoms. The minimum Gasteiger partial charge on any atom is -0.320 e. The van der Waals surface area contributed by atoms with Crippen molar-refractivity contribution in [2.24, 2.45) is 11.3 Å². The Morgan fingerprint density at radius 2 is 1.82 bits per heavy atom. The van der Waals surface area contributed by atoms with Gasteiger partial charge in [0.25, 0.3) is 0 Å². The zero-order valence-electron chi connectivity index (χ0n) is 8.70. The molecule has 0 aromatic heterocycles. The van der Waals surface area contributed by atoms with Crippen LogP contribution in [0.2, 0.25) is 0 Å². The molecular formula is C10H23N. The van der Waals surface area contributed by atoms with Crippen molar-refractivity contribution < 1.29 is 0 Å². The molecule has 0 aromatic rings. The fourth-order valence-electron chi connectivity index (χ4n) is 1.01. The van der Waals surface area contributed by atoms with E-state index in [-0.39, 0.29) is 0 Å². The first-order valence-electron chi connectivity index (χ1n) is 4.69. The van der Waals surface area contributed by atoms with E-state index >= 15 is 0 Å². The summed E-state index contributed by atoms with van der Waals surface area (Å²) in [6.45, 7) is 10.2. The van der Waals surface area contributed by atoms with E-state index in [0.29, 0.717) is 5.41 Å². The van der Waals surface area contributed by atoms with Crippen LogP contribution in [0.3, 0.4) is 0 Å². The van der Waals surface area contributed by atoms with Gasteiger partial charge in [0.1, 0.15) is 0 Å². The molecule has 0 radical (unpaired) electrons. The fraction of sp³-hybridized carbons (Fsp3) is 1.00. The van der Waals surface area contributed by atoms with Gasteiger partial charge in [-0.1, -0.05) is 27.7 Å². The molecule has 1 fully saturated rings. The first kappa shape index (κ1) is 11.0. The van der Waals surface area contributed by atoms with E-state index in [9.17, 15) is 0 Å². The SMILES string of the molecule is CC1CCC1(C)C.CCNC. The number of hydrogen-bond donors (Lipinski definition) is 1. The van der Waals surface area contributed by atoms with E-state index in [2.05, 4.69) is 33.0 Å². The van der Waals surface area contributed by atoms with E-state index in [4.69, 9.17) is 0 Å². The summed E-state index contributed by atoms with van der Waals surface area (Å²) < 4.78 is 0.